The fourth-order valence-electron chi connectivity index (χ4n) is 1.49. The highest BCUT2D eigenvalue weighted by Gasteiger charge is 2.04. The molecule has 0 amide bonds. The predicted molar refractivity (Wildman–Crippen MR) is 81.1 cm³/mol. The number of pyridine rings is 1. The fourth-order valence-corrected chi connectivity index (χ4v) is 2.44. The van der Waals surface area contributed by atoms with Gasteiger partial charge in [0.05, 0.1) is 16.6 Å². The SMILES string of the molecule is NCC#Cc1ccc(CSc2ccc(Cl)cn2)c(F)c1. The zero-order valence-electron chi connectivity index (χ0n) is 10.6. The molecule has 0 spiro atoms. The van der Waals surface area contributed by atoms with Gasteiger partial charge in [-0.3, -0.25) is 0 Å². The van der Waals surface area contributed by atoms with Gasteiger partial charge in [0.15, 0.2) is 0 Å². The summed E-state index contributed by atoms with van der Waals surface area (Å²) in [4.78, 5) is 4.15. The maximum Gasteiger partial charge on any atom is 0.128 e. The molecular weight excluding hydrogens is 295 g/mol. The second-order valence-electron chi connectivity index (χ2n) is 3.92. The van der Waals surface area contributed by atoms with Crippen LogP contribution >= 0.6 is 23.4 Å². The van der Waals surface area contributed by atoms with E-state index in [1.54, 1.807) is 24.4 Å². The molecule has 2 aromatic rings. The van der Waals surface area contributed by atoms with Crippen molar-refractivity contribution in [2.75, 3.05) is 6.54 Å². The van der Waals surface area contributed by atoms with E-state index in [4.69, 9.17) is 17.3 Å². The Labute approximate surface area is 126 Å². The number of nitrogens with two attached hydrogens (primary N) is 1. The number of hydrogen-bond donors (Lipinski definition) is 1. The first-order chi connectivity index (χ1) is 9.69. The van der Waals surface area contributed by atoms with Crippen molar-refractivity contribution in [2.45, 2.75) is 10.8 Å². The highest BCUT2D eigenvalue weighted by atomic mass is 35.5. The van der Waals surface area contributed by atoms with E-state index in [1.165, 1.54) is 17.8 Å². The van der Waals surface area contributed by atoms with Crippen LogP contribution in [0.5, 0.6) is 0 Å². The van der Waals surface area contributed by atoms with Gasteiger partial charge in [0.2, 0.25) is 0 Å². The lowest BCUT2D eigenvalue weighted by atomic mass is 10.1. The summed E-state index contributed by atoms with van der Waals surface area (Å²) in [6, 6.07) is 8.52. The Bertz CT molecular complexity index is 647. The summed E-state index contributed by atoms with van der Waals surface area (Å²) in [5.74, 6) is 5.74. The van der Waals surface area contributed by atoms with Crippen LogP contribution in [0.15, 0.2) is 41.6 Å². The zero-order valence-corrected chi connectivity index (χ0v) is 12.1. The topological polar surface area (TPSA) is 38.9 Å². The van der Waals surface area contributed by atoms with Gasteiger partial charge in [0, 0.05) is 17.5 Å². The van der Waals surface area contributed by atoms with Crippen molar-refractivity contribution in [3.05, 3.63) is 58.5 Å². The molecule has 0 atom stereocenters. The monoisotopic (exact) mass is 306 g/mol. The lowest BCUT2D eigenvalue weighted by molar-refractivity contribution is 0.617. The van der Waals surface area contributed by atoms with Crippen molar-refractivity contribution in [3.63, 3.8) is 0 Å². The smallest absolute Gasteiger partial charge is 0.128 e. The molecule has 2 N–H and O–H groups in total. The quantitative estimate of drug-likeness (QED) is 0.697. The van der Waals surface area contributed by atoms with Crippen LogP contribution in [0.25, 0.3) is 0 Å². The fraction of sp³-hybridized carbons (Fsp3) is 0.133. The molecular formula is C15H12ClFN2S. The minimum absolute atomic E-state index is 0.265. The summed E-state index contributed by atoms with van der Waals surface area (Å²) >= 11 is 7.21. The van der Waals surface area contributed by atoms with Gasteiger partial charge in [-0.25, -0.2) is 9.37 Å². The Morgan fingerprint density at radius 2 is 2.15 bits per heavy atom. The second kappa shape index (κ2) is 7.30. The van der Waals surface area contributed by atoms with Crippen LogP contribution in [0, 0.1) is 17.7 Å². The van der Waals surface area contributed by atoms with Crippen LogP contribution in [-0.4, -0.2) is 11.5 Å². The van der Waals surface area contributed by atoms with E-state index >= 15 is 0 Å². The molecule has 1 aromatic carbocycles. The van der Waals surface area contributed by atoms with Crippen LogP contribution < -0.4 is 5.73 Å². The lowest BCUT2D eigenvalue weighted by Gasteiger charge is -2.03. The first-order valence-electron chi connectivity index (χ1n) is 5.91. The number of halogens is 2. The molecule has 1 heterocycles. The van der Waals surface area contributed by atoms with Crippen LogP contribution in [0.1, 0.15) is 11.1 Å². The van der Waals surface area contributed by atoms with E-state index < -0.39 is 0 Å². The molecule has 2 nitrogen and oxygen atoms in total. The van der Waals surface area contributed by atoms with Crippen molar-refractivity contribution in [2.24, 2.45) is 5.73 Å². The molecule has 0 saturated heterocycles. The van der Waals surface area contributed by atoms with E-state index in [1.807, 2.05) is 6.07 Å². The first-order valence-corrected chi connectivity index (χ1v) is 7.27. The van der Waals surface area contributed by atoms with Crippen molar-refractivity contribution in [1.82, 2.24) is 4.98 Å². The highest BCUT2D eigenvalue weighted by molar-refractivity contribution is 7.98. The van der Waals surface area contributed by atoms with E-state index in [2.05, 4.69) is 16.8 Å². The van der Waals surface area contributed by atoms with E-state index in [-0.39, 0.29) is 12.4 Å². The van der Waals surface area contributed by atoms with Crippen LogP contribution in [-0.2, 0) is 5.75 Å². The van der Waals surface area contributed by atoms with Gasteiger partial charge in [0.1, 0.15) is 5.82 Å². The molecule has 0 aliphatic rings. The molecule has 0 radical (unpaired) electrons. The lowest BCUT2D eigenvalue weighted by Crippen LogP contribution is -1.94. The number of rotatable bonds is 3. The van der Waals surface area contributed by atoms with Crippen LogP contribution in [0.4, 0.5) is 4.39 Å². The maximum atomic E-state index is 13.9. The van der Waals surface area contributed by atoms with E-state index in [9.17, 15) is 4.39 Å². The maximum absolute atomic E-state index is 13.9. The molecule has 0 bridgehead atoms. The van der Waals surface area contributed by atoms with Crippen molar-refractivity contribution in [1.29, 1.82) is 0 Å². The Kier molecular flexibility index (Phi) is 5.42. The molecule has 2 rings (SSSR count). The summed E-state index contributed by atoms with van der Waals surface area (Å²) in [6.07, 6.45) is 1.58. The van der Waals surface area contributed by atoms with E-state index in [0.29, 0.717) is 21.9 Å². The van der Waals surface area contributed by atoms with Crippen molar-refractivity contribution in [3.8, 4) is 11.8 Å². The third kappa shape index (κ3) is 4.24. The average Bonchev–Trinajstić information content (AvgIpc) is 2.46. The molecule has 0 unspecified atom stereocenters. The van der Waals surface area contributed by atoms with Crippen LogP contribution in [0.3, 0.4) is 0 Å². The Hall–Kier alpha value is -1.54. The van der Waals surface area contributed by atoms with Gasteiger partial charge in [-0.15, -0.1) is 11.8 Å². The normalized spacial score (nSPS) is 9.95. The van der Waals surface area contributed by atoms with Crippen molar-refractivity contribution >= 4 is 23.4 Å². The van der Waals surface area contributed by atoms with Crippen molar-refractivity contribution < 1.29 is 4.39 Å². The molecule has 0 aliphatic carbocycles. The third-order valence-corrected chi connectivity index (χ3v) is 3.68. The Morgan fingerprint density at radius 1 is 1.30 bits per heavy atom. The molecule has 0 aliphatic heterocycles. The van der Waals surface area contributed by atoms with Gasteiger partial charge in [-0.05, 0) is 29.8 Å². The summed E-state index contributed by atoms with van der Waals surface area (Å²) in [6.45, 7) is 0.265. The average molecular weight is 307 g/mol. The number of hydrogen-bond acceptors (Lipinski definition) is 3. The largest absolute Gasteiger partial charge is 0.320 e. The van der Waals surface area contributed by atoms with Crippen LogP contribution in [0.2, 0.25) is 5.02 Å². The number of nitrogens with zero attached hydrogens (tertiary/aromatic N) is 1. The number of aromatic nitrogens is 1. The Morgan fingerprint density at radius 3 is 2.80 bits per heavy atom. The Balaban J connectivity index is 2.04. The zero-order chi connectivity index (χ0) is 14.4. The standard InChI is InChI=1S/C15H12ClFN2S/c16-13-5-6-15(19-9-13)20-10-12-4-3-11(2-1-7-18)8-14(12)17/h3-6,8-9H,7,10,18H2. The molecule has 0 fully saturated rings. The van der Waals surface area contributed by atoms with Gasteiger partial charge in [-0.2, -0.15) is 0 Å². The number of benzene rings is 1. The summed E-state index contributed by atoms with van der Waals surface area (Å²) in [5.41, 5.74) is 6.53. The molecule has 0 saturated carbocycles. The summed E-state index contributed by atoms with van der Waals surface area (Å²) in [5, 5.41) is 1.39. The van der Waals surface area contributed by atoms with Gasteiger partial charge in [-0.1, -0.05) is 29.5 Å². The minimum Gasteiger partial charge on any atom is -0.320 e. The predicted octanol–water partition coefficient (Wildman–Crippen LogP) is 3.48. The molecule has 20 heavy (non-hydrogen) atoms. The van der Waals surface area contributed by atoms with Gasteiger partial charge in [0.25, 0.3) is 0 Å². The summed E-state index contributed by atoms with van der Waals surface area (Å²) < 4.78 is 13.9. The second-order valence-corrected chi connectivity index (χ2v) is 5.35. The molecule has 1 aromatic heterocycles. The first kappa shape index (κ1) is 14.9. The molecule has 102 valence electrons. The summed E-state index contributed by atoms with van der Waals surface area (Å²) in [7, 11) is 0. The third-order valence-electron chi connectivity index (χ3n) is 2.46. The van der Waals surface area contributed by atoms with Gasteiger partial charge < -0.3 is 5.73 Å². The number of thioether (sulfide) groups is 1. The van der Waals surface area contributed by atoms with Gasteiger partial charge >= 0.3 is 0 Å². The van der Waals surface area contributed by atoms with E-state index in [0.717, 1.165) is 5.03 Å². The minimum atomic E-state index is -0.268. The molecule has 5 heteroatoms. The highest BCUT2D eigenvalue weighted by Crippen LogP contribution is 2.23.